The summed E-state index contributed by atoms with van der Waals surface area (Å²) in [6.45, 7) is 0. The largest absolute Gasteiger partial charge is 0.497 e. The number of imidazole rings is 1. The first-order valence-electron chi connectivity index (χ1n) is 8.92. The van der Waals surface area contributed by atoms with Gasteiger partial charge in [0.15, 0.2) is 5.69 Å². The van der Waals surface area contributed by atoms with Crippen molar-refractivity contribution in [1.29, 1.82) is 0 Å². The lowest BCUT2D eigenvalue weighted by Crippen LogP contribution is -2.22. The fourth-order valence-electron chi connectivity index (χ4n) is 2.76. The molecular formula is C20H18F3N5O3. The third-order valence-corrected chi connectivity index (χ3v) is 4.20. The number of carbonyl (C=O) groups excluding carboxylic acids is 2. The highest BCUT2D eigenvalue weighted by Crippen LogP contribution is 2.30. The predicted molar refractivity (Wildman–Crippen MR) is 107 cm³/mol. The maximum absolute atomic E-state index is 12.8. The average Bonchev–Trinajstić information content (AvgIpc) is 3.10. The Balaban J connectivity index is 1.74. The van der Waals surface area contributed by atoms with E-state index in [4.69, 9.17) is 10.5 Å². The lowest BCUT2D eigenvalue weighted by atomic mass is 10.1. The molecule has 0 atom stereocenters. The molecule has 0 bridgehead atoms. The van der Waals surface area contributed by atoms with Crippen molar-refractivity contribution >= 4 is 23.4 Å². The summed E-state index contributed by atoms with van der Waals surface area (Å²) in [6, 6.07) is 10.4. The first-order chi connectivity index (χ1) is 14.7. The lowest BCUT2D eigenvalue weighted by Gasteiger charge is -2.10. The Morgan fingerprint density at radius 1 is 1.13 bits per heavy atom. The van der Waals surface area contributed by atoms with E-state index in [1.165, 1.54) is 6.07 Å². The Bertz CT molecular complexity index is 1090. The zero-order valence-electron chi connectivity index (χ0n) is 16.2. The summed E-state index contributed by atoms with van der Waals surface area (Å²) in [4.78, 5) is 30.8. The molecule has 5 N–H and O–H groups in total. The third kappa shape index (κ3) is 5.53. The second kappa shape index (κ2) is 8.78. The van der Waals surface area contributed by atoms with Gasteiger partial charge in [-0.2, -0.15) is 13.2 Å². The zero-order chi connectivity index (χ0) is 22.6. The first-order valence-corrected chi connectivity index (χ1v) is 8.92. The number of hydrogen-bond donors (Lipinski definition) is 4. The summed E-state index contributed by atoms with van der Waals surface area (Å²) >= 11 is 0. The summed E-state index contributed by atoms with van der Waals surface area (Å²) in [5, 5.41) is 4.63. The smallest absolute Gasteiger partial charge is 0.416 e. The second-order valence-electron chi connectivity index (χ2n) is 6.45. The van der Waals surface area contributed by atoms with E-state index in [2.05, 4.69) is 20.6 Å². The van der Waals surface area contributed by atoms with Crippen LogP contribution in [0.3, 0.4) is 0 Å². The number of primary amides is 1. The van der Waals surface area contributed by atoms with Crippen molar-refractivity contribution in [3.05, 3.63) is 71.2 Å². The Morgan fingerprint density at radius 2 is 1.84 bits per heavy atom. The number of aromatic nitrogens is 2. The first kappa shape index (κ1) is 21.7. The number of alkyl halides is 3. The van der Waals surface area contributed by atoms with Crippen LogP contribution in [0.2, 0.25) is 0 Å². The Morgan fingerprint density at radius 3 is 2.45 bits per heavy atom. The van der Waals surface area contributed by atoms with Crippen LogP contribution < -0.4 is 21.1 Å². The van der Waals surface area contributed by atoms with E-state index in [0.717, 1.165) is 23.8 Å². The van der Waals surface area contributed by atoms with Crippen molar-refractivity contribution in [2.45, 2.75) is 12.6 Å². The van der Waals surface area contributed by atoms with Gasteiger partial charge in [0.25, 0.3) is 5.91 Å². The molecule has 0 aliphatic carbocycles. The quantitative estimate of drug-likeness (QED) is 0.473. The highest BCUT2D eigenvalue weighted by Gasteiger charge is 2.30. The Hall–Kier alpha value is -4.02. The number of hydrogen-bond acceptors (Lipinski definition) is 4. The molecule has 8 nitrogen and oxygen atoms in total. The van der Waals surface area contributed by atoms with E-state index >= 15 is 0 Å². The SMILES string of the molecule is COc1ccc(Cc2nc(C(N)=O)c(NC(=O)Nc3cccc(C(F)(F)F)c3)[nH]2)cc1. The minimum Gasteiger partial charge on any atom is -0.497 e. The van der Waals surface area contributed by atoms with Gasteiger partial charge in [0, 0.05) is 12.1 Å². The molecule has 0 aliphatic rings. The van der Waals surface area contributed by atoms with E-state index < -0.39 is 23.7 Å². The lowest BCUT2D eigenvalue weighted by molar-refractivity contribution is -0.137. The van der Waals surface area contributed by atoms with Crippen LogP contribution >= 0.6 is 0 Å². The van der Waals surface area contributed by atoms with Gasteiger partial charge in [-0.25, -0.2) is 9.78 Å². The molecule has 0 spiro atoms. The van der Waals surface area contributed by atoms with Crippen LogP contribution in [-0.2, 0) is 12.6 Å². The van der Waals surface area contributed by atoms with E-state index in [1.54, 1.807) is 31.4 Å². The molecule has 3 rings (SSSR count). The number of carbonyl (C=O) groups is 2. The van der Waals surface area contributed by atoms with E-state index in [0.29, 0.717) is 18.0 Å². The number of benzene rings is 2. The van der Waals surface area contributed by atoms with E-state index in [9.17, 15) is 22.8 Å². The minimum atomic E-state index is -4.55. The minimum absolute atomic E-state index is 0.0690. The second-order valence-corrected chi connectivity index (χ2v) is 6.45. The third-order valence-electron chi connectivity index (χ3n) is 4.20. The maximum Gasteiger partial charge on any atom is 0.416 e. The molecule has 0 unspecified atom stereocenters. The summed E-state index contributed by atoms with van der Waals surface area (Å²) in [5.74, 6) is 0.0788. The number of rotatable bonds is 6. The van der Waals surface area contributed by atoms with E-state index in [1.807, 2.05) is 0 Å². The molecule has 3 aromatic rings. The highest BCUT2D eigenvalue weighted by atomic mass is 19.4. The number of nitrogens with zero attached hydrogens (tertiary/aromatic N) is 1. The number of nitrogens with two attached hydrogens (primary N) is 1. The van der Waals surface area contributed by atoms with Gasteiger partial charge in [0.05, 0.1) is 12.7 Å². The van der Waals surface area contributed by atoms with Gasteiger partial charge in [0.2, 0.25) is 0 Å². The summed E-state index contributed by atoms with van der Waals surface area (Å²) in [7, 11) is 1.54. The number of urea groups is 1. The van der Waals surface area contributed by atoms with Crippen LogP contribution in [0.1, 0.15) is 27.4 Å². The van der Waals surface area contributed by atoms with Crippen molar-refractivity contribution in [2.24, 2.45) is 5.73 Å². The van der Waals surface area contributed by atoms with Crippen LogP contribution in [0.4, 0.5) is 29.5 Å². The zero-order valence-corrected chi connectivity index (χ0v) is 16.2. The summed E-state index contributed by atoms with van der Waals surface area (Å²) < 4.78 is 43.5. The molecule has 0 saturated carbocycles. The van der Waals surface area contributed by atoms with Gasteiger partial charge in [-0.15, -0.1) is 0 Å². The molecule has 0 radical (unpaired) electrons. The number of anilines is 2. The number of nitrogens with one attached hydrogen (secondary N) is 3. The average molecular weight is 433 g/mol. The monoisotopic (exact) mass is 433 g/mol. The topological polar surface area (TPSA) is 122 Å². The molecule has 0 fully saturated rings. The molecule has 162 valence electrons. The van der Waals surface area contributed by atoms with Crippen LogP contribution in [-0.4, -0.2) is 29.0 Å². The summed E-state index contributed by atoms with van der Waals surface area (Å²) in [5.41, 5.74) is 4.98. The number of H-pyrrole nitrogens is 1. The number of methoxy groups -OCH3 is 1. The molecule has 2 aromatic carbocycles. The molecule has 31 heavy (non-hydrogen) atoms. The van der Waals surface area contributed by atoms with Crippen LogP contribution in [0.15, 0.2) is 48.5 Å². The van der Waals surface area contributed by atoms with Crippen LogP contribution in [0, 0.1) is 0 Å². The Kier molecular flexibility index (Phi) is 6.14. The number of amides is 3. The van der Waals surface area contributed by atoms with Crippen molar-refractivity contribution in [2.75, 3.05) is 17.7 Å². The Labute approximate surface area is 174 Å². The van der Waals surface area contributed by atoms with E-state index in [-0.39, 0.29) is 17.2 Å². The van der Waals surface area contributed by atoms with Gasteiger partial charge in [-0.05, 0) is 35.9 Å². The van der Waals surface area contributed by atoms with Crippen molar-refractivity contribution < 1.29 is 27.5 Å². The van der Waals surface area contributed by atoms with Crippen molar-refractivity contribution in [3.8, 4) is 5.75 Å². The molecule has 1 aromatic heterocycles. The standard InChI is InChI=1S/C20H18F3N5O3/c1-31-14-7-5-11(6-8-14)9-15-26-16(17(24)29)18(27-15)28-19(30)25-13-4-2-3-12(10-13)20(21,22)23/h2-8,10H,9H2,1H3,(H2,24,29)(H,26,27)(H2,25,28,30). The normalized spacial score (nSPS) is 11.1. The molecule has 0 aliphatic heterocycles. The molecule has 11 heteroatoms. The number of ether oxygens (including phenoxy) is 1. The van der Waals surface area contributed by atoms with Gasteiger partial charge in [-0.3, -0.25) is 10.1 Å². The fraction of sp³-hybridized carbons (Fsp3) is 0.150. The number of halogens is 3. The summed E-state index contributed by atoms with van der Waals surface area (Å²) in [6.07, 6.45) is -4.24. The predicted octanol–water partition coefficient (Wildman–Crippen LogP) is 3.77. The van der Waals surface area contributed by atoms with Gasteiger partial charge < -0.3 is 20.8 Å². The molecule has 3 amide bonds. The molecule has 0 saturated heterocycles. The van der Waals surface area contributed by atoms with Gasteiger partial charge in [-0.1, -0.05) is 18.2 Å². The number of aromatic amines is 1. The molecule has 1 heterocycles. The van der Waals surface area contributed by atoms with Crippen molar-refractivity contribution in [1.82, 2.24) is 9.97 Å². The van der Waals surface area contributed by atoms with Gasteiger partial charge in [0.1, 0.15) is 17.4 Å². The van der Waals surface area contributed by atoms with Crippen LogP contribution in [0.25, 0.3) is 0 Å². The fourth-order valence-corrected chi connectivity index (χ4v) is 2.76. The van der Waals surface area contributed by atoms with Crippen LogP contribution in [0.5, 0.6) is 5.75 Å². The molecular weight excluding hydrogens is 415 g/mol. The maximum atomic E-state index is 12.8. The van der Waals surface area contributed by atoms with Crippen molar-refractivity contribution in [3.63, 3.8) is 0 Å². The highest BCUT2D eigenvalue weighted by molar-refractivity contribution is 6.04. The van der Waals surface area contributed by atoms with Gasteiger partial charge >= 0.3 is 12.2 Å².